The molecule has 6 heteroatoms. The molecule has 0 bridgehead atoms. The zero-order valence-electron chi connectivity index (χ0n) is 10.8. The van der Waals surface area contributed by atoms with E-state index in [1.807, 2.05) is 0 Å². The Morgan fingerprint density at radius 1 is 1.40 bits per heavy atom. The van der Waals surface area contributed by atoms with E-state index >= 15 is 0 Å². The molecule has 0 fully saturated rings. The van der Waals surface area contributed by atoms with Crippen LogP contribution in [0.2, 0.25) is 5.02 Å². The molecular weight excluding hydrogens is 282 g/mol. The third kappa shape index (κ3) is 2.32. The molecule has 2 rings (SSSR count). The molecule has 1 aromatic rings. The van der Waals surface area contributed by atoms with Crippen LogP contribution in [-0.4, -0.2) is 30.8 Å². The number of benzene rings is 1. The van der Waals surface area contributed by atoms with Gasteiger partial charge in [0.25, 0.3) is 11.7 Å². The first-order valence-corrected chi connectivity index (χ1v) is 6.34. The van der Waals surface area contributed by atoms with Crippen LogP contribution in [0.15, 0.2) is 30.4 Å². The number of hydrogen-bond donors (Lipinski definition) is 0. The predicted octanol–water partition coefficient (Wildman–Crippen LogP) is 1.99. The molecule has 20 heavy (non-hydrogen) atoms. The quantitative estimate of drug-likeness (QED) is 0.484. The second kappa shape index (κ2) is 5.46. The molecule has 104 valence electrons. The third-order valence-electron chi connectivity index (χ3n) is 2.86. The highest BCUT2D eigenvalue weighted by molar-refractivity contribution is 6.55. The largest absolute Gasteiger partial charge is 0.463 e. The highest BCUT2D eigenvalue weighted by Crippen LogP contribution is 2.34. The molecule has 1 heterocycles. The number of amides is 1. The summed E-state index contributed by atoms with van der Waals surface area (Å²) in [6.45, 7) is 5.37. The molecule has 1 aromatic carbocycles. The summed E-state index contributed by atoms with van der Waals surface area (Å²) < 4.78 is 4.80. The molecule has 0 unspecified atom stereocenters. The lowest BCUT2D eigenvalue weighted by Crippen LogP contribution is -2.33. The zero-order chi connectivity index (χ0) is 14.9. The van der Waals surface area contributed by atoms with Crippen LogP contribution in [-0.2, 0) is 14.3 Å². The van der Waals surface area contributed by atoms with Crippen LogP contribution < -0.4 is 4.90 Å². The Kier molecular flexibility index (Phi) is 3.90. The molecule has 0 saturated carbocycles. The van der Waals surface area contributed by atoms with Crippen molar-refractivity contribution in [3.8, 4) is 0 Å². The van der Waals surface area contributed by atoms with Crippen LogP contribution in [0, 0.1) is 0 Å². The van der Waals surface area contributed by atoms with Gasteiger partial charge in [0.15, 0.2) is 0 Å². The van der Waals surface area contributed by atoms with E-state index in [-0.39, 0.29) is 29.3 Å². The predicted molar refractivity (Wildman–Crippen MR) is 73.9 cm³/mol. The van der Waals surface area contributed by atoms with Crippen LogP contribution >= 0.6 is 11.6 Å². The van der Waals surface area contributed by atoms with Crippen molar-refractivity contribution in [3.05, 3.63) is 40.9 Å². The summed E-state index contributed by atoms with van der Waals surface area (Å²) in [6.07, 6.45) is 0. The number of halogens is 1. The second-order valence-electron chi connectivity index (χ2n) is 4.18. The summed E-state index contributed by atoms with van der Waals surface area (Å²) in [5.41, 5.74) is 0.648. The Balaban J connectivity index is 2.29. The minimum Gasteiger partial charge on any atom is -0.463 e. The average Bonchev–Trinajstić information content (AvgIpc) is 2.65. The lowest BCUT2D eigenvalue weighted by Gasteiger charge is -2.17. The Bertz CT molecular complexity index is 624. The third-order valence-corrected chi connectivity index (χ3v) is 3.18. The zero-order valence-corrected chi connectivity index (χ0v) is 11.6. The number of rotatable bonds is 4. The average molecular weight is 294 g/mol. The fraction of sp³-hybridized carbons (Fsp3) is 0.214. The number of fused-ring (bicyclic) bond motifs is 1. The van der Waals surface area contributed by atoms with Gasteiger partial charge in [-0.05, 0) is 19.1 Å². The van der Waals surface area contributed by atoms with Gasteiger partial charge in [0.05, 0.1) is 29.4 Å². The van der Waals surface area contributed by atoms with Gasteiger partial charge < -0.3 is 9.64 Å². The molecule has 0 radical (unpaired) electrons. The number of esters is 1. The number of ketones is 1. The molecule has 1 aliphatic heterocycles. The summed E-state index contributed by atoms with van der Waals surface area (Å²) in [4.78, 5) is 36.5. The minimum absolute atomic E-state index is 0.0980. The van der Waals surface area contributed by atoms with Gasteiger partial charge in [-0.2, -0.15) is 0 Å². The molecule has 0 aromatic heterocycles. The van der Waals surface area contributed by atoms with Gasteiger partial charge in [-0.25, -0.2) is 4.79 Å². The van der Waals surface area contributed by atoms with E-state index in [0.29, 0.717) is 5.69 Å². The van der Waals surface area contributed by atoms with E-state index in [2.05, 4.69) is 6.58 Å². The maximum atomic E-state index is 12.0. The van der Waals surface area contributed by atoms with Crippen molar-refractivity contribution < 1.29 is 19.1 Å². The molecule has 1 aliphatic rings. The standard InChI is InChI=1S/C14H12ClNO4/c1-3-20-14(19)8(2)7-16-10-6-4-5-9(15)11(10)12(17)13(16)18/h4-6H,2-3,7H2,1H3. The number of Topliss-reactive ketones (excluding diaryl/α,β-unsaturated/α-hetero) is 1. The van der Waals surface area contributed by atoms with Crippen molar-refractivity contribution in [1.29, 1.82) is 0 Å². The Morgan fingerprint density at radius 2 is 2.10 bits per heavy atom. The van der Waals surface area contributed by atoms with Gasteiger partial charge in [0, 0.05) is 5.57 Å². The van der Waals surface area contributed by atoms with Crippen LogP contribution in [0.4, 0.5) is 5.69 Å². The lowest BCUT2D eigenvalue weighted by atomic mass is 10.1. The fourth-order valence-corrected chi connectivity index (χ4v) is 2.20. The topological polar surface area (TPSA) is 63.7 Å². The van der Waals surface area contributed by atoms with Gasteiger partial charge >= 0.3 is 5.97 Å². The van der Waals surface area contributed by atoms with Gasteiger partial charge in [0.2, 0.25) is 0 Å². The number of carbonyl (C=O) groups excluding carboxylic acids is 3. The van der Waals surface area contributed by atoms with E-state index in [9.17, 15) is 14.4 Å². The number of carbonyl (C=O) groups is 3. The highest BCUT2D eigenvalue weighted by atomic mass is 35.5. The summed E-state index contributed by atoms with van der Waals surface area (Å²) in [5, 5.41) is 0.213. The molecule has 0 N–H and O–H groups in total. The summed E-state index contributed by atoms with van der Waals surface area (Å²) in [7, 11) is 0. The Morgan fingerprint density at radius 3 is 2.75 bits per heavy atom. The molecular formula is C14H12ClNO4. The first-order valence-electron chi connectivity index (χ1n) is 5.97. The monoisotopic (exact) mass is 293 g/mol. The van der Waals surface area contributed by atoms with E-state index < -0.39 is 17.7 Å². The Hall–Kier alpha value is -2.14. The van der Waals surface area contributed by atoms with Crippen LogP contribution in [0.25, 0.3) is 0 Å². The molecule has 0 spiro atoms. The number of ether oxygens (including phenoxy) is 1. The highest BCUT2D eigenvalue weighted by Gasteiger charge is 2.38. The molecule has 0 saturated heterocycles. The van der Waals surface area contributed by atoms with E-state index in [0.717, 1.165) is 0 Å². The van der Waals surface area contributed by atoms with Gasteiger partial charge in [-0.1, -0.05) is 24.2 Å². The van der Waals surface area contributed by atoms with E-state index in [1.165, 1.54) is 11.0 Å². The van der Waals surface area contributed by atoms with Gasteiger partial charge in [-0.15, -0.1) is 0 Å². The van der Waals surface area contributed by atoms with Crippen molar-refractivity contribution >= 4 is 34.9 Å². The molecule has 0 aliphatic carbocycles. The second-order valence-corrected chi connectivity index (χ2v) is 4.59. The van der Waals surface area contributed by atoms with Gasteiger partial charge in [0.1, 0.15) is 0 Å². The first-order chi connectivity index (χ1) is 9.47. The van der Waals surface area contributed by atoms with E-state index in [1.54, 1.807) is 19.1 Å². The normalized spacial score (nSPS) is 13.4. The molecule has 5 nitrogen and oxygen atoms in total. The van der Waals surface area contributed by atoms with Crippen molar-refractivity contribution in [3.63, 3.8) is 0 Å². The fourth-order valence-electron chi connectivity index (χ4n) is 1.95. The molecule has 1 amide bonds. The summed E-state index contributed by atoms with van der Waals surface area (Å²) in [6, 6.07) is 4.77. The van der Waals surface area contributed by atoms with Crippen LogP contribution in [0.5, 0.6) is 0 Å². The van der Waals surface area contributed by atoms with Crippen molar-refractivity contribution in [2.24, 2.45) is 0 Å². The van der Waals surface area contributed by atoms with Crippen molar-refractivity contribution in [2.45, 2.75) is 6.92 Å². The molecule has 0 atom stereocenters. The van der Waals surface area contributed by atoms with Crippen LogP contribution in [0.1, 0.15) is 17.3 Å². The first kappa shape index (κ1) is 14.3. The smallest absolute Gasteiger partial charge is 0.335 e. The summed E-state index contributed by atoms with van der Waals surface area (Å²) >= 11 is 5.93. The maximum absolute atomic E-state index is 12.0. The van der Waals surface area contributed by atoms with E-state index in [4.69, 9.17) is 16.3 Å². The Labute approximate surface area is 120 Å². The minimum atomic E-state index is -0.724. The van der Waals surface area contributed by atoms with Gasteiger partial charge in [-0.3, -0.25) is 9.59 Å². The maximum Gasteiger partial charge on any atom is 0.335 e. The van der Waals surface area contributed by atoms with Crippen molar-refractivity contribution in [1.82, 2.24) is 0 Å². The number of nitrogens with zero attached hydrogens (tertiary/aromatic N) is 1. The van der Waals surface area contributed by atoms with Crippen LogP contribution in [0.3, 0.4) is 0 Å². The number of hydrogen-bond acceptors (Lipinski definition) is 4. The lowest BCUT2D eigenvalue weighted by molar-refractivity contribution is -0.138. The SMILES string of the molecule is C=C(CN1C(=O)C(=O)c2c(Cl)cccc21)C(=O)OCC. The number of anilines is 1. The van der Waals surface area contributed by atoms with Crippen molar-refractivity contribution in [2.75, 3.05) is 18.1 Å². The summed E-state index contributed by atoms with van der Waals surface area (Å²) in [5.74, 6) is -2.00.